The molecule has 0 bridgehead atoms. The van der Waals surface area contributed by atoms with Gasteiger partial charge in [-0.3, -0.25) is 14.5 Å². The first-order valence-electron chi connectivity index (χ1n) is 7.19. The van der Waals surface area contributed by atoms with Gasteiger partial charge in [-0.05, 0) is 24.1 Å². The van der Waals surface area contributed by atoms with E-state index in [1.54, 1.807) is 17.0 Å². The lowest BCUT2D eigenvalue weighted by molar-refractivity contribution is -0.144. The number of hydrogen-bond donors (Lipinski definition) is 1. The van der Waals surface area contributed by atoms with E-state index in [0.29, 0.717) is 13.1 Å². The van der Waals surface area contributed by atoms with Gasteiger partial charge in [0.25, 0.3) is 0 Å². The number of urea groups is 1. The number of imide groups is 1. The summed E-state index contributed by atoms with van der Waals surface area (Å²) in [6, 6.07) is 5.38. The van der Waals surface area contributed by atoms with Gasteiger partial charge in [-0.2, -0.15) is 0 Å². The molecule has 3 rings (SSSR count). The quantitative estimate of drug-likeness (QED) is 0.907. The highest BCUT2D eigenvalue weighted by atomic mass is 19.1. The van der Waals surface area contributed by atoms with Crippen molar-refractivity contribution >= 4 is 17.8 Å². The Morgan fingerprint density at radius 2 is 2.00 bits per heavy atom. The number of benzene rings is 1. The van der Waals surface area contributed by atoms with Crippen LogP contribution in [0.25, 0.3) is 0 Å². The molecule has 1 aromatic rings. The second-order valence-corrected chi connectivity index (χ2v) is 5.40. The fraction of sp³-hybridized carbons (Fsp3) is 0.400. The van der Waals surface area contributed by atoms with Crippen molar-refractivity contribution in [2.75, 3.05) is 19.6 Å². The van der Waals surface area contributed by atoms with E-state index in [4.69, 9.17) is 0 Å². The molecule has 2 aliphatic rings. The van der Waals surface area contributed by atoms with Gasteiger partial charge in [-0.25, -0.2) is 9.18 Å². The minimum absolute atomic E-state index is 0.115. The zero-order valence-corrected chi connectivity index (χ0v) is 11.9. The van der Waals surface area contributed by atoms with Crippen LogP contribution in [0.1, 0.15) is 24.4 Å². The number of amides is 4. The van der Waals surface area contributed by atoms with Gasteiger partial charge in [-0.15, -0.1) is 0 Å². The Morgan fingerprint density at radius 1 is 1.27 bits per heavy atom. The maximum Gasteiger partial charge on any atom is 0.324 e. The molecule has 0 aliphatic carbocycles. The second-order valence-electron chi connectivity index (χ2n) is 5.40. The van der Waals surface area contributed by atoms with Crippen LogP contribution < -0.4 is 5.32 Å². The van der Waals surface area contributed by atoms with Crippen LogP contribution in [0.4, 0.5) is 9.18 Å². The van der Waals surface area contributed by atoms with Crippen molar-refractivity contribution in [1.82, 2.24) is 15.1 Å². The summed E-state index contributed by atoms with van der Waals surface area (Å²) in [5.74, 6) is -0.932. The van der Waals surface area contributed by atoms with Crippen LogP contribution in [0, 0.1) is 5.82 Å². The molecule has 2 aliphatic heterocycles. The molecular weight excluding hydrogens is 289 g/mol. The van der Waals surface area contributed by atoms with Gasteiger partial charge in [-0.1, -0.05) is 12.1 Å². The Morgan fingerprint density at radius 3 is 2.59 bits per heavy atom. The summed E-state index contributed by atoms with van der Waals surface area (Å²) >= 11 is 0. The molecule has 1 aromatic carbocycles. The van der Waals surface area contributed by atoms with Gasteiger partial charge in [0.05, 0.1) is 6.04 Å². The Bertz CT molecular complexity index is 601. The lowest BCUT2D eigenvalue weighted by atomic mass is 9.94. The predicted octanol–water partition coefficient (Wildman–Crippen LogP) is 1.04. The summed E-state index contributed by atoms with van der Waals surface area (Å²) in [7, 11) is 0. The number of nitrogens with zero attached hydrogens (tertiary/aromatic N) is 2. The van der Waals surface area contributed by atoms with E-state index in [-0.39, 0.29) is 36.6 Å². The molecule has 0 spiro atoms. The number of carbonyl (C=O) groups excluding carboxylic acids is 3. The SMILES string of the molecule is O=C1CCNC(=O)N1CC(=O)N1CC[C@H]1c1ccc(F)cc1. The summed E-state index contributed by atoms with van der Waals surface area (Å²) in [4.78, 5) is 38.2. The van der Waals surface area contributed by atoms with Crippen LogP contribution >= 0.6 is 0 Å². The van der Waals surface area contributed by atoms with Crippen molar-refractivity contribution < 1.29 is 18.8 Å². The van der Waals surface area contributed by atoms with E-state index in [2.05, 4.69) is 5.32 Å². The van der Waals surface area contributed by atoms with E-state index >= 15 is 0 Å². The molecule has 7 heteroatoms. The van der Waals surface area contributed by atoms with E-state index in [0.717, 1.165) is 16.9 Å². The maximum absolute atomic E-state index is 13.0. The third-order valence-corrected chi connectivity index (χ3v) is 4.05. The number of likely N-dealkylation sites (tertiary alicyclic amines) is 1. The predicted molar refractivity (Wildman–Crippen MR) is 75.2 cm³/mol. The molecular formula is C15H16FN3O3. The summed E-state index contributed by atoms with van der Waals surface area (Å²) in [5.41, 5.74) is 0.857. The van der Waals surface area contributed by atoms with Crippen molar-refractivity contribution in [2.45, 2.75) is 18.9 Å². The van der Waals surface area contributed by atoms with Gasteiger partial charge in [0, 0.05) is 19.5 Å². The van der Waals surface area contributed by atoms with Crippen molar-refractivity contribution in [3.63, 3.8) is 0 Å². The monoisotopic (exact) mass is 305 g/mol. The minimum atomic E-state index is -0.525. The van der Waals surface area contributed by atoms with E-state index in [1.165, 1.54) is 12.1 Å². The van der Waals surface area contributed by atoms with Crippen LogP contribution in [0.5, 0.6) is 0 Å². The maximum atomic E-state index is 13.0. The average Bonchev–Trinajstić information content (AvgIpc) is 2.44. The number of nitrogens with one attached hydrogen (secondary N) is 1. The van der Waals surface area contributed by atoms with Crippen molar-refractivity contribution in [3.05, 3.63) is 35.6 Å². The van der Waals surface area contributed by atoms with E-state index < -0.39 is 6.03 Å². The normalized spacial score (nSPS) is 21.4. The first-order valence-corrected chi connectivity index (χ1v) is 7.19. The first-order chi connectivity index (χ1) is 10.6. The number of rotatable bonds is 3. The topological polar surface area (TPSA) is 69.7 Å². The summed E-state index contributed by atoms with van der Waals surface area (Å²) in [5, 5.41) is 2.55. The number of carbonyl (C=O) groups is 3. The smallest absolute Gasteiger partial charge is 0.324 e. The fourth-order valence-electron chi connectivity index (χ4n) is 2.72. The van der Waals surface area contributed by atoms with Crippen LogP contribution in [-0.2, 0) is 9.59 Å². The van der Waals surface area contributed by atoms with Gasteiger partial charge in [0.15, 0.2) is 0 Å². The highest BCUT2D eigenvalue weighted by Crippen LogP contribution is 2.33. The summed E-state index contributed by atoms with van der Waals surface area (Å²) < 4.78 is 13.0. The van der Waals surface area contributed by atoms with Crippen molar-refractivity contribution in [1.29, 1.82) is 0 Å². The molecule has 0 saturated carbocycles. The third-order valence-electron chi connectivity index (χ3n) is 4.05. The molecule has 2 fully saturated rings. The molecule has 6 nitrogen and oxygen atoms in total. The van der Waals surface area contributed by atoms with Crippen LogP contribution in [0.3, 0.4) is 0 Å². The third kappa shape index (κ3) is 2.66. The molecule has 0 aromatic heterocycles. The van der Waals surface area contributed by atoms with Gasteiger partial charge < -0.3 is 10.2 Å². The Kier molecular flexibility index (Phi) is 3.79. The van der Waals surface area contributed by atoms with Crippen LogP contribution in [-0.4, -0.2) is 47.3 Å². The molecule has 0 radical (unpaired) electrons. The highest BCUT2D eigenvalue weighted by Gasteiger charge is 2.36. The fourth-order valence-corrected chi connectivity index (χ4v) is 2.72. The molecule has 2 heterocycles. The molecule has 0 unspecified atom stereocenters. The number of hydrogen-bond acceptors (Lipinski definition) is 3. The van der Waals surface area contributed by atoms with E-state index in [1.807, 2.05) is 0 Å². The minimum Gasteiger partial charge on any atom is -0.337 e. The van der Waals surface area contributed by atoms with Crippen LogP contribution in [0.2, 0.25) is 0 Å². The van der Waals surface area contributed by atoms with Gasteiger partial charge in [0.2, 0.25) is 11.8 Å². The summed E-state index contributed by atoms with van der Waals surface area (Å²) in [6.45, 7) is 0.636. The summed E-state index contributed by atoms with van der Waals surface area (Å²) in [6.07, 6.45) is 0.998. The van der Waals surface area contributed by atoms with Crippen LogP contribution in [0.15, 0.2) is 24.3 Å². The van der Waals surface area contributed by atoms with Crippen molar-refractivity contribution in [3.8, 4) is 0 Å². The molecule has 22 heavy (non-hydrogen) atoms. The average molecular weight is 305 g/mol. The van der Waals surface area contributed by atoms with Crippen molar-refractivity contribution in [2.24, 2.45) is 0 Å². The first kappa shape index (κ1) is 14.5. The molecule has 4 amide bonds. The molecule has 1 atom stereocenters. The lowest BCUT2D eigenvalue weighted by Crippen LogP contribution is -2.55. The molecule has 2 saturated heterocycles. The van der Waals surface area contributed by atoms with Gasteiger partial charge in [0.1, 0.15) is 12.4 Å². The molecule has 1 N–H and O–H groups in total. The highest BCUT2D eigenvalue weighted by molar-refractivity contribution is 6.00. The number of halogens is 1. The van der Waals surface area contributed by atoms with E-state index in [9.17, 15) is 18.8 Å². The Labute approximate surface area is 126 Å². The van der Waals surface area contributed by atoms with Gasteiger partial charge >= 0.3 is 6.03 Å². The molecule has 116 valence electrons. The zero-order valence-electron chi connectivity index (χ0n) is 11.9. The second kappa shape index (κ2) is 5.75. The lowest BCUT2D eigenvalue weighted by Gasteiger charge is -2.42. The largest absolute Gasteiger partial charge is 0.337 e. The standard InChI is InChI=1S/C15H16FN3O3/c16-11-3-1-10(2-4-11)12-6-8-18(12)14(21)9-19-13(20)5-7-17-15(19)22/h1-4,12H,5-9H2,(H,17,22)/t12-/m0/s1. The zero-order chi connectivity index (χ0) is 15.7. The Balaban J connectivity index is 1.66. The Hall–Kier alpha value is -2.44.